The van der Waals surface area contributed by atoms with E-state index in [1.165, 1.54) is 23.5 Å². The second-order valence-corrected chi connectivity index (χ2v) is 8.78. The lowest BCUT2D eigenvalue weighted by Gasteiger charge is -1.97. The average molecular weight is 465 g/mol. The van der Waals surface area contributed by atoms with Gasteiger partial charge in [-0.15, -0.1) is 20.4 Å². The van der Waals surface area contributed by atoms with Gasteiger partial charge in [-0.1, -0.05) is 46.7 Å². The fourth-order valence-corrected chi connectivity index (χ4v) is 4.17. The van der Waals surface area contributed by atoms with Crippen LogP contribution in [0, 0.1) is 0 Å². The molecule has 29 heavy (non-hydrogen) atoms. The molecule has 6 nitrogen and oxygen atoms in total. The first kappa shape index (κ1) is 20.3. The number of nitrogens with zero attached hydrogens (tertiary/aromatic N) is 4. The van der Waals surface area contributed by atoms with Crippen LogP contribution in [0.25, 0.3) is 22.9 Å². The predicted molar refractivity (Wildman–Crippen MR) is 116 cm³/mol. The largest absolute Gasteiger partial charge is 0.411 e. The molecule has 0 bridgehead atoms. The van der Waals surface area contributed by atoms with Crippen molar-refractivity contribution in [2.45, 2.75) is 16.9 Å². The van der Waals surface area contributed by atoms with Gasteiger partial charge in [0.2, 0.25) is 11.8 Å². The summed E-state index contributed by atoms with van der Waals surface area (Å²) in [4.78, 5) is 0. The first-order chi connectivity index (χ1) is 14.2. The van der Waals surface area contributed by atoms with Gasteiger partial charge in [-0.2, -0.15) is 0 Å². The minimum Gasteiger partial charge on any atom is -0.411 e. The van der Waals surface area contributed by atoms with E-state index >= 15 is 0 Å². The highest BCUT2D eigenvalue weighted by atomic mass is 35.5. The first-order valence-electron chi connectivity index (χ1n) is 8.62. The van der Waals surface area contributed by atoms with E-state index in [1.54, 1.807) is 24.3 Å². The highest BCUT2D eigenvalue weighted by molar-refractivity contribution is 7.99. The number of thioether (sulfide) groups is 2. The number of hydrogen-bond donors (Lipinski definition) is 0. The van der Waals surface area contributed by atoms with Gasteiger partial charge in [0.1, 0.15) is 0 Å². The maximum absolute atomic E-state index is 5.89. The average Bonchev–Trinajstić information content (AvgIpc) is 3.39. The van der Waals surface area contributed by atoms with Crippen LogP contribution < -0.4 is 0 Å². The van der Waals surface area contributed by atoms with Gasteiger partial charge in [0.05, 0.1) is 0 Å². The van der Waals surface area contributed by atoms with Crippen molar-refractivity contribution in [1.82, 2.24) is 20.4 Å². The normalized spacial score (nSPS) is 11.1. The first-order valence-corrected chi connectivity index (χ1v) is 11.3. The Kier molecular flexibility index (Phi) is 6.76. The third-order valence-corrected chi connectivity index (χ3v) is 6.05. The molecule has 4 aromatic rings. The molecule has 2 heterocycles. The maximum Gasteiger partial charge on any atom is 0.276 e. The fourth-order valence-electron chi connectivity index (χ4n) is 2.33. The van der Waals surface area contributed by atoms with E-state index in [2.05, 4.69) is 20.4 Å². The molecule has 0 saturated heterocycles. The summed E-state index contributed by atoms with van der Waals surface area (Å²) in [5, 5.41) is 18.7. The molecule has 0 saturated carbocycles. The van der Waals surface area contributed by atoms with E-state index < -0.39 is 0 Å². The number of aromatic nitrogens is 4. The Morgan fingerprint density at radius 1 is 0.621 bits per heavy atom. The van der Waals surface area contributed by atoms with Crippen molar-refractivity contribution in [1.29, 1.82) is 0 Å². The maximum atomic E-state index is 5.89. The lowest BCUT2D eigenvalue weighted by molar-refractivity contribution is 0.465. The van der Waals surface area contributed by atoms with E-state index in [0.29, 0.717) is 32.3 Å². The summed E-state index contributed by atoms with van der Waals surface area (Å²) in [6.07, 6.45) is 0.923. The second kappa shape index (κ2) is 9.67. The molecule has 0 aliphatic rings. The lowest BCUT2D eigenvalue weighted by Crippen LogP contribution is -1.84. The molecular weight excluding hydrogens is 451 g/mol. The van der Waals surface area contributed by atoms with Crippen molar-refractivity contribution in [3.05, 3.63) is 58.6 Å². The van der Waals surface area contributed by atoms with Crippen LogP contribution in [0.15, 0.2) is 67.8 Å². The van der Waals surface area contributed by atoms with Crippen LogP contribution in [-0.2, 0) is 0 Å². The molecule has 0 aliphatic heterocycles. The van der Waals surface area contributed by atoms with Crippen LogP contribution in [0.5, 0.6) is 0 Å². The summed E-state index contributed by atoms with van der Waals surface area (Å²) >= 11 is 14.8. The summed E-state index contributed by atoms with van der Waals surface area (Å²) in [6.45, 7) is 0. The van der Waals surface area contributed by atoms with Crippen molar-refractivity contribution in [2.75, 3.05) is 11.5 Å². The minimum absolute atomic E-state index is 0.485. The zero-order valence-electron chi connectivity index (χ0n) is 14.9. The predicted octanol–water partition coefficient (Wildman–Crippen LogP) is 6.37. The van der Waals surface area contributed by atoms with E-state index in [4.69, 9.17) is 32.0 Å². The van der Waals surface area contributed by atoms with Crippen LogP contribution in [0.1, 0.15) is 6.42 Å². The van der Waals surface area contributed by atoms with Crippen LogP contribution in [0.3, 0.4) is 0 Å². The van der Waals surface area contributed by atoms with Gasteiger partial charge < -0.3 is 8.83 Å². The zero-order chi connectivity index (χ0) is 20.1. The van der Waals surface area contributed by atoms with Crippen molar-refractivity contribution in [3.8, 4) is 22.9 Å². The zero-order valence-corrected chi connectivity index (χ0v) is 18.1. The molecule has 0 radical (unpaired) electrons. The van der Waals surface area contributed by atoms with E-state index in [9.17, 15) is 0 Å². The second-order valence-electron chi connectivity index (χ2n) is 5.81. The van der Waals surface area contributed by atoms with Gasteiger partial charge in [0.25, 0.3) is 10.4 Å². The van der Waals surface area contributed by atoms with Gasteiger partial charge >= 0.3 is 0 Å². The van der Waals surface area contributed by atoms with Crippen LogP contribution in [-0.4, -0.2) is 31.9 Å². The molecule has 0 N–H and O–H groups in total. The monoisotopic (exact) mass is 464 g/mol. The molecule has 4 rings (SSSR count). The minimum atomic E-state index is 0.485. The highest BCUT2D eigenvalue weighted by Gasteiger charge is 2.11. The van der Waals surface area contributed by atoms with Crippen LogP contribution in [0.2, 0.25) is 10.0 Å². The van der Waals surface area contributed by atoms with Gasteiger partial charge in [-0.3, -0.25) is 0 Å². The lowest BCUT2D eigenvalue weighted by atomic mass is 10.2. The third kappa shape index (κ3) is 5.54. The summed E-state index contributed by atoms with van der Waals surface area (Å²) < 4.78 is 11.4. The molecule has 0 aliphatic carbocycles. The summed E-state index contributed by atoms with van der Waals surface area (Å²) in [5.41, 5.74) is 1.69. The summed E-state index contributed by atoms with van der Waals surface area (Å²) in [6, 6.07) is 14.6. The van der Waals surface area contributed by atoms with E-state index in [-0.39, 0.29) is 0 Å². The number of rotatable bonds is 8. The molecular formula is C19H14Cl2N4O2S2. The Bertz CT molecular complexity index is 983. The van der Waals surface area contributed by atoms with Crippen LogP contribution >= 0.6 is 46.7 Å². The molecule has 0 unspecified atom stereocenters. The van der Waals surface area contributed by atoms with Crippen molar-refractivity contribution in [3.63, 3.8) is 0 Å². The number of halogens is 2. The molecule has 0 amide bonds. The van der Waals surface area contributed by atoms with Crippen molar-refractivity contribution in [2.24, 2.45) is 0 Å². The van der Waals surface area contributed by atoms with Gasteiger partial charge in [0, 0.05) is 32.7 Å². The smallest absolute Gasteiger partial charge is 0.276 e. The van der Waals surface area contributed by atoms with Crippen molar-refractivity contribution < 1.29 is 8.83 Å². The Morgan fingerprint density at radius 2 is 1.03 bits per heavy atom. The Balaban J connectivity index is 1.22. The highest BCUT2D eigenvalue weighted by Crippen LogP contribution is 2.27. The molecule has 0 spiro atoms. The molecule has 10 heteroatoms. The molecule has 2 aromatic heterocycles. The summed E-state index contributed by atoms with van der Waals surface area (Å²) in [5.74, 6) is 2.65. The van der Waals surface area contributed by atoms with Crippen LogP contribution in [0.4, 0.5) is 0 Å². The topological polar surface area (TPSA) is 77.8 Å². The molecule has 148 valence electrons. The van der Waals surface area contributed by atoms with E-state index in [0.717, 1.165) is 29.1 Å². The molecule has 2 aromatic carbocycles. The molecule has 0 atom stereocenters. The Hall–Kier alpha value is -2.00. The van der Waals surface area contributed by atoms with E-state index in [1.807, 2.05) is 24.3 Å². The van der Waals surface area contributed by atoms with Gasteiger partial charge in [0.15, 0.2) is 0 Å². The Morgan fingerprint density at radius 3 is 1.45 bits per heavy atom. The van der Waals surface area contributed by atoms with Gasteiger partial charge in [-0.05, 0) is 55.0 Å². The Labute approximate surface area is 185 Å². The number of benzene rings is 2. The third-order valence-electron chi connectivity index (χ3n) is 3.74. The SMILES string of the molecule is Clc1ccc(-c2nnc(SCCCSc3nnc(-c4ccc(Cl)cc4)o3)o2)cc1. The standard InChI is InChI=1S/C19H14Cl2N4O2S2/c20-14-6-2-12(3-7-14)16-22-24-18(26-16)28-10-1-11-29-19-25-23-17(27-19)13-4-8-15(21)9-5-13/h2-9H,1,10-11H2. The fraction of sp³-hybridized carbons (Fsp3) is 0.158. The summed E-state index contributed by atoms with van der Waals surface area (Å²) in [7, 11) is 0. The van der Waals surface area contributed by atoms with Gasteiger partial charge in [-0.25, -0.2) is 0 Å². The quantitative estimate of drug-likeness (QED) is 0.220. The van der Waals surface area contributed by atoms with Crippen molar-refractivity contribution >= 4 is 46.7 Å². The molecule has 0 fully saturated rings. The number of hydrogen-bond acceptors (Lipinski definition) is 8.